The molecule has 3 aliphatic heterocycles. The first kappa shape index (κ1) is 32.3. The van der Waals surface area contributed by atoms with E-state index in [-0.39, 0.29) is 5.91 Å². The molecule has 0 aromatic carbocycles. The van der Waals surface area contributed by atoms with E-state index in [9.17, 15) is 31.1 Å². The maximum absolute atomic E-state index is 12.6. The van der Waals surface area contributed by atoms with Crippen LogP contribution in [-0.4, -0.2) is 101 Å². The number of hydrogen-bond acceptors (Lipinski definition) is 6. The molecule has 1 spiro atoms. The van der Waals surface area contributed by atoms with Crippen molar-refractivity contribution in [2.45, 2.75) is 56.9 Å². The van der Waals surface area contributed by atoms with Crippen LogP contribution in [-0.2, 0) is 14.3 Å². The Morgan fingerprint density at radius 3 is 1.74 bits per heavy atom. The van der Waals surface area contributed by atoms with Gasteiger partial charge in [-0.1, -0.05) is 0 Å². The monoisotopic (exact) mass is 571 g/mol. The maximum Gasteiger partial charge on any atom is 0.490 e. The number of pyridine rings is 1. The van der Waals surface area contributed by atoms with E-state index in [1.54, 1.807) is 12.4 Å². The summed E-state index contributed by atoms with van der Waals surface area (Å²) >= 11 is 0. The molecule has 0 saturated carbocycles. The van der Waals surface area contributed by atoms with Crippen LogP contribution in [0.1, 0.15) is 48.9 Å². The average Bonchev–Trinajstić information content (AvgIpc) is 2.90. The average molecular weight is 572 g/mol. The number of nitrogens with zero attached hydrogens (tertiary/aromatic N) is 3. The second-order valence-electron chi connectivity index (χ2n) is 9.52. The fourth-order valence-electron chi connectivity index (χ4n) is 4.77. The zero-order valence-electron chi connectivity index (χ0n) is 21.0. The normalized spacial score (nSPS) is 20.2. The molecule has 4 rings (SSSR count). The lowest BCUT2D eigenvalue weighted by Crippen LogP contribution is -2.51. The number of rotatable bonds is 2. The molecule has 9 nitrogen and oxygen atoms in total. The van der Waals surface area contributed by atoms with Crippen molar-refractivity contribution in [1.29, 1.82) is 0 Å². The fourth-order valence-corrected chi connectivity index (χ4v) is 4.77. The number of amides is 1. The van der Waals surface area contributed by atoms with Gasteiger partial charge in [0.25, 0.3) is 5.91 Å². The lowest BCUT2D eigenvalue weighted by molar-refractivity contribution is -0.193. The number of likely N-dealkylation sites (tertiary alicyclic amines) is 2. The summed E-state index contributed by atoms with van der Waals surface area (Å²) in [5, 5.41) is 14.2. The minimum Gasteiger partial charge on any atom is -0.475 e. The topological polar surface area (TPSA) is 120 Å². The molecule has 0 aliphatic carbocycles. The lowest BCUT2D eigenvalue weighted by Gasteiger charge is -2.48. The number of piperidine rings is 2. The summed E-state index contributed by atoms with van der Waals surface area (Å²) in [6.45, 7) is 6.09. The van der Waals surface area contributed by atoms with E-state index in [0.29, 0.717) is 11.0 Å². The van der Waals surface area contributed by atoms with Gasteiger partial charge in [-0.05, 0) is 69.2 Å². The highest BCUT2D eigenvalue weighted by molar-refractivity contribution is 5.93. The van der Waals surface area contributed by atoms with Gasteiger partial charge in [-0.2, -0.15) is 26.3 Å². The molecular weight excluding hydrogens is 540 g/mol. The number of carboxylic acids is 2. The Hall–Kier alpha value is -2.94. The van der Waals surface area contributed by atoms with Crippen LogP contribution in [0.25, 0.3) is 0 Å². The highest BCUT2D eigenvalue weighted by Crippen LogP contribution is 2.42. The lowest BCUT2D eigenvalue weighted by atomic mass is 9.71. The van der Waals surface area contributed by atoms with Crippen molar-refractivity contribution in [2.24, 2.45) is 5.41 Å². The summed E-state index contributed by atoms with van der Waals surface area (Å²) in [6, 6.07) is 4.44. The van der Waals surface area contributed by atoms with E-state index in [2.05, 4.69) is 9.88 Å². The zero-order valence-corrected chi connectivity index (χ0v) is 21.0. The van der Waals surface area contributed by atoms with Crippen molar-refractivity contribution in [2.75, 3.05) is 39.4 Å². The third-order valence-electron chi connectivity index (χ3n) is 7.07. The predicted octanol–water partition coefficient (Wildman–Crippen LogP) is 3.85. The third kappa shape index (κ3) is 10.3. The molecule has 1 aromatic rings. The van der Waals surface area contributed by atoms with Gasteiger partial charge < -0.3 is 24.7 Å². The second-order valence-corrected chi connectivity index (χ2v) is 9.52. The summed E-state index contributed by atoms with van der Waals surface area (Å²) in [5.74, 6) is -5.37. The Morgan fingerprint density at radius 2 is 1.33 bits per heavy atom. The van der Waals surface area contributed by atoms with E-state index in [1.807, 2.05) is 17.0 Å². The Balaban J connectivity index is 0.000000317. The molecule has 3 fully saturated rings. The van der Waals surface area contributed by atoms with Gasteiger partial charge in [0.15, 0.2) is 0 Å². The van der Waals surface area contributed by atoms with E-state index in [1.165, 1.54) is 38.8 Å². The quantitative estimate of drug-likeness (QED) is 0.514. The van der Waals surface area contributed by atoms with Crippen LogP contribution in [0.4, 0.5) is 26.3 Å². The number of carbonyl (C=O) groups is 3. The summed E-state index contributed by atoms with van der Waals surface area (Å²) in [4.78, 5) is 39.2. The second kappa shape index (κ2) is 13.9. The number of carbonyl (C=O) groups excluding carboxylic acids is 1. The van der Waals surface area contributed by atoms with E-state index < -0.39 is 24.3 Å². The van der Waals surface area contributed by atoms with E-state index in [0.717, 1.165) is 45.2 Å². The van der Waals surface area contributed by atoms with Crippen LogP contribution in [0.3, 0.4) is 0 Å². The van der Waals surface area contributed by atoms with Crippen molar-refractivity contribution >= 4 is 17.8 Å². The van der Waals surface area contributed by atoms with Crippen LogP contribution in [0.5, 0.6) is 0 Å². The number of alkyl halides is 6. The number of aliphatic carboxylic acids is 2. The molecule has 1 aromatic heterocycles. The summed E-state index contributed by atoms with van der Waals surface area (Å²) in [5.41, 5.74) is 1.18. The van der Waals surface area contributed by atoms with Crippen molar-refractivity contribution in [3.05, 3.63) is 30.1 Å². The maximum atomic E-state index is 12.6. The van der Waals surface area contributed by atoms with Crippen LogP contribution < -0.4 is 0 Å². The molecule has 3 aliphatic rings. The van der Waals surface area contributed by atoms with Crippen LogP contribution in [0, 0.1) is 5.41 Å². The van der Waals surface area contributed by atoms with Gasteiger partial charge in [-0.25, -0.2) is 9.59 Å². The van der Waals surface area contributed by atoms with E-state index in [4.69, 9.17) is 24.5 Å². The first-order valence-electron chi connectivity index (χ1n) is 12.3. The number of aromatic nitrogens is 1. The Kier molecular flexibility index (Phi) is 11.5. The smallest absolute Gasteiger partial charge is 0.475 e. The highest BCUT2D eigenvalue weighted by atomic mass is 19.4. The van der Waals surface area contributed by atoms with Crippen molar-refractivity contribution in [1.82, 2.24) is 14.8 Å². The standard InChI is InChI=1S/C20H29N3O2.2C2HF3O2/c24-19(17-2-1-9-21-16-17)23-12-7-20(8-13-23)5-10-22(11-6-20)18-3-14-25-15-4-18;2*3-2(4,5)1(6)7/h1-2,9,16,18H,3-8,10-15H2;2*(H,6,7). The van der Waals surface area contributed by atoms with Gasteiger partial charge in [0.1, 0.15) is 0 Å². The molecule has 2 N–H and O–H groups in total. The summed E-state index contributed by atoms with van der Waals surface area (Å²) in [6.07, 6.45) is 0.508. The van der Waals surface area contributed by atoms with Gasteiger partial charge in [0.05, 0.1) is 5.56 Å². The van der Waals surface area contributed by atoms with Crippen molar-refractivity contribution in [3.8, 4) is 0 Å². The fraction of sp³-hybridized carbons (Fsp3) is 0.667. The highest BCUT2D eigenvalue weighted by Gasteiger charge is 2.40. The molecule has 1 amide bonds. The molecule has 0 atom stereocenters. The van der Waals surface area contributed by atoms with Crippen LogP contribution in [0.2, 0.25) is 0 Å². The van der Waals surface area contributed by atoms with Gasteiger partial charge in [-0.15, -0.1) is 0 Å². The van der Waals surface area contributed by atoms with Gasteiger partial charge in [-0.3, -0.25) is 9.78 Å². The molecule has 220 valence electrons. The molecule has 0 bridgehead atoms. The molecule has 0 unspecified atom stereocenters. The Morgan fingerprint density at radius 1 is 0.872 bits per heavy atom. The largest absolute Gasteiger partial charge is 0.490 e. The molecule has 4 heterocycles. The molecule has 0 radical (unpaired) electrons. The summed E-state index contributed by atoms with van der Waals surface area (Å²) < 4.78 is 69.0. The van der Waals surface area contributed by atoms with Crippen molar-refractivity contribution < 1.29 is 55.7 Å². The first-order chi connectivity index (χ1) is 18.1. The van der Waals surface area contributed by atoms with E-state index >= 15 is 0 Å². The molecule has 3 saturated heterocycles. The SMILES string of the molecule is O=C(O)C(F)(F)F.O=C(O)C(F)(F)F.O=C(c1cccnc1)N1CCC2(CC1)CCN(C1CCOCC1)CC2. The molecule has 15 heteroatoms. The van der Waals surface area contributed by atoms with Crippen molar-refractivity contribution in [3.63, 3.8) is 0 Å². The predicted molar refractivity (Wildman–Crippen MR) is 124 cm³/mol. The summed E-state index contributed by atoms with van der Waals surface area (Å²) in [7, 11) is 0. The van der Waals surface area contributed by atoms with Gasteiger partial charge in [0, 0.05) is 44.7 Å². The van der Waals surface area contributed by atoms with Gasteiger partial charge >= 0.3 is 24.3 Å². The third-order valence-corrected chi connectivity index (χ3v) is 7.07. The zero-order chi connectivity index (χ0) is 29.3. The van der Waals surface area contributed by atoms with Crippen LogP contribution >= 0.6 is 0 Å². The first-order valence-corrected chi connectivity index (χ1v) is 12.3. The number of hydrogen-bond donors (Lipinski definition) is 2. The Bertz CT molecular complexity index is 912. The number of carboxylic acid groups (broad SMARTS) is 2. The van der Waals surface area contributed by atoms with Gasteiger partial charge in [0.2, 0.25) is 0 Å². The Labute approximate surface area is 220 Å². The minimum absolute atomic E-state index is 0.141. The number of halogens is 6. The molecular formula is C24H31F6N3O6. The number of ether oxygens (including phenoxy) is 1. The minimum atomic E-state index is -5.08. The molecule has 39 heavy (non-hydrogen) atoms. The van der Waals surface area contributed by atoms with Crippen LogP contribution in [0.15, 0.2) is 24.5 Å².